The van der Waals surface area contributed by atoms with Crippen LogP contribution in [-0.2, 0) is 33.3 Å². The zero-order valence-electron chi connectivity index (χ0n) is 12.9. The van der Waals surface area contributed by atoms with Crippen LogP contribution in [0.1, 0.15) is 20.8 Å². The highest BCUT2D eigenvalue weighted by atomic mass is 32.1. The monoisotopic (exact) mass is 349 g/mol. The topological polar surface area (TPSA) is 138 Å². The number of ether oxygens (including phenoxy) is 4. The SMILES string of the molecule is CC(=O)O[C@@H]1[C@@H](OC(C)=O)[C@H](OC(C)=O)CO[C@H]1NC(=S)NN. The number of carbonyl (C=O) groups is 3. The first-order chi connectivity index (χ1) is 10.7. The third-order valence-corrected chi connectivity index (χ3v) is 2.99. The average Bonchev–Trinajstić information content (AvgIpc) is 2.43. The van der Waals surface area contributed by atoms with Crippen LogP contribution in [0.2, 0.25) is 0 Å². The minimum Gasteiger partial charge on any atom is -0.456 e. The molecule has 0 aliphatic carbocycles. The Morgan fingerprint density at radius 3 is 2.04 bits per heavy atom. The Bertz CT molecular complexity index is 487. The number of nitrogens with two attached hydrogens (primary N) is 1. The van der Waals surface area contributed by atoms with Crippen LogP contribution in [0.5, 0.6) is 0 Å². The molecule has 1 aliphatic heterocycles. The maximum atomic E-state index is 11.3. The minimum atomic E-state index is -1.10. The van der Waals surface area contributed by atoms with E-state index in [1.807, 2.05) is 0 Å². The maximum Gasteiger partial charge on any atom is 0.303 e. The molecule has 4 N–H and O–H groups in total. The van der Waals surface area contributed by atoms with Crippen LogP contribution in [0.15, 0.2) is 0 Å². The molecular formula is C12H19N3O7S. The molecule has 130 valence electrons. The molecule has 1 fully saturated rings. The van der Waals surface area contributed by atoms with Gasteiger partial charge in [0.1, 0.15) is 0 Å². The van der Waals surface area contributed by atoms with E-state index in [1.165, 1.54) is 20.8 Å². The molecule has 0 unspecified atom stereocenters. The van der Waals surface area contributed by atoms with Crippen molar-refractivity contribution in [2.75, 3.05) is 6.61 Å². The fraction of sp³-hybridized carbons (Fsp3) is 0.667. The first-order valence-electron chi connectivity index (χ1n) is 6.65. The predicted molar refractivity (Wildman–Crippen MR) is 79.5 cm³/mol. The second-order valence-corrected chi connectivity index (χ2v) is 5.08. The highest BCUT2D eigenvalue weighted by Gasteiger charge is 2.47. The van der Waals surface area contributed by atoms with Gasteiger partial charge >= 0.3 is 17.9 Å². The van der Waals surface area contributed by atoms with Crippen LogP contribution in [-0.4, -0.2) is 54.2 Å². The summed E-state index contributed by atoms with van der Waals surface area (Å²) in [6.07, 6.45) is -4.04. The summed E-state index contributed by atoms with van der Waals surface area (Å²) >= 11 is 4.87. The largest absolute Gasteiger partial charge is 0.456 e. The fourth-order valence-corrected chi connectivity index (χ4v) is 2.15. The first-order valence-corrected chi connectivity index (χ1v) is 7.05. The summed E-state index contributed by atoms with van der Waals surface area (Å²) in [4.78, 5) is 33.9. The van der Waals surface area contributed by atoms with E-state index in [0.717, 1.165) is 0 Å². The zero-order valence-corrected chi connectivity index (χ0v) is 13.7. The van der Waals surface area contributed by atoms with E-state index in [9.17, 15) is 14.4 Å². The Morgan fingerprint density at radius 1 is 1.04 bits per heavy atom. The molecule has 0 saturated carbocycles. The molecule has 11 heteroatoms. The lowest BCUT2D eigenvalue weighted by molar-refractivity contribution is -0.227. The number of nitrogens with one attached hydrogen (secondary N) is 2. The molecule has 4 atom stereocenters. The second-order valence-electron chi connectivity index (χ2n) is 4.67. The van der Waals surface area contributed by atoms with Gasteiger partial charge in [0.15, 0.2) is 29.7 Å². The van der Waals surface area contributed by atoms with E-state index in [2.05, 4.69) is 10.7 Å². The number of carbonyl (C=O) groups excluding carboxylic acids is 3. The first kappa shape index (κ1) is 19.1. The van der Waals surface area contributed by atoms with Gasteiger partial charge in [-0.05, 0) is 12.2 Å². The van der Waals surface area contributed by atoms with E-state index < -0.39 is 42.4 Å². The van der Waals surface area contributed by atoms with Gasteiger partial charge in [0.25, 0.3) is 0 Å². The highest BCUT2D eigenvalue weighted by Crippen LogP contribution is 2.23. The summed E-state index contributed by atoms with van der Waals surface area (Å²) in [7, 11) is 0. The Balaban J connectivity index is 3.03. The van der Waals surface area contributed by atoms with Crippen molar-refractivity contribution < 1.29 is 33.3 Å². The van der Waals surface area contributed by atoms with Crippen LogP contribution in [0.25, 0.3) is 0 Å². The molecule has 1 saturated heterocycles. The standard InChI is InChI=1S/C12H19N3O7S/c1-5(16)20-8-4-19-11(14-12(23)15-13)10(22-7(3)18)9(8)21-6(2)17/h8-11H,4,13H2,1-3H3,(H2,14,15,23)/t8-,9+,10-,11-/m1/s1. The molecule has 0 aromatic heterocycles. The van der Waals surface area contributed by atoms with Crippen molar-refractivity contribution in [1.29, 1.82) is 0 Å². The fourth-order valence-electron chi connectivity index (χ4n) is 2.04. The smallest absolute Gasteiger partial charge is 0.303 e. The molecular weight excluding hydrogens is 330 g/mol. The third kappa shape index (κ3) is 5.96. The molecule has 10 nitrogen and oxygen atoms in total. The lowest BCUT2D eigenvalue weighted by Crippen LogP contribution is -2.63. The van der Waals surface area contributed by atoms with Crippen molar-refractivity contribution in [3.63, 3.8) is 0 Å². The van der Waals surface area contributed by atoms with Crippen molar-refractivity contribution >= 4 is 35.2 Å². The zero-order chi connectivity index (χ0) is 17.6. The van der Waals surface area contributed by atoms with Gasteiger partial charge in [-0.2, -0.15) is 0 Å². The van der Waals surface area contributed by atoms with Crippen molar-refractivity contribution in [3.8, 4) is 0 Å². The molecule has 0 bridgehead atoms. The normalized spacial score (nSPS) is 26.6. The van der Waals surface area contributed by atoms with Crippen LogP contribution in [0.4, 0.5) is 0 Å². The van der Waals surface area contributed by atoms with Gasteiger partial charge in [-0.1, -0.05) is 0 Å². The summed E-state index contributed by atoms with van der Waals surface area (Å²) in [5, 5.41) is 2.69. The summed E-state index contributed by atoms with van der Waals surface area (Å²) < 4.78 is 20.8. The van der Waals surface area contributed by atoms with Crippen molar-refractivity contribution in [2.45, 2.75) is 45.3 Å². The van der Waals surface area contributed by atoms with Gasteiger partial charge < -0.3 is 29.7 Å². The number of thiocarbonyl (C=S) groups is 1. The van der Waals surface area contributed by atoms with E-state index in [4.69, 9.17) is 37.0 Å². The molecule has 0 aromatic carbocycles. The molecule has 1 heterocycles. The Kier molecular flexibility index (Phi) is 7.13. The van der Waals surface area contributed by atoms with Gasteiger partial charge in [0, 0.05) is 20.8 Å². The van der Waals surface area contributed by atoms with E-state index in [-0.39, 0.29) is 11.7 Å². The number of hydrogen-bond donors (Lipinski definition) is 3. The van der Waals surface area contributed by atoms with Gasteiger partial charge in [-0.15, -0.1) is 0 Å². The van der Waals surface area contributed by atoms with E-state index in [1.54, 1.807) is 0 Å². The second kappa shape index (κ2) is 8.60. The maximum absolute atomic E-state index is 11.3. The summed E-state index contributed by atoms with van der Waals surface area (Å²) in [5.74, 6) is 3.30. The van der Waals surface area contributed by atoms with Gasteiger partial charge in [-0.3, -0.25) is 14.4 Å². The lowest BCUT2D eigenvalue weighted by atomic mass is 10.0. The van der Waals surface area contributed by atoms with Gasteiger partial charge in [-0.25, -0.2) is 5.84 Å². The van der Waals surface area contributed by atoms with Crippen LogP contribution < -0.4 is 16.6 Å². The third-order valence-electron chi connectivity index (χ3n) is 2.75. The molecule has 1 rings (SSSR count). The Hall–Kier alpha value is -1.98. The summed E-state index contributed by atoms with van der Waals surface area (Å²) in [6.45, 7) is 3.46. The molecule has 1 aliphatic rings. The quantitative estimate of drug-likeness (QED) is 0.179. The van der Waals surface area contributed by atoms with Crippen molar-refractivity contribution in [3.05, 3.63) is 0 Å². The van der Waals surface area contributed by atoms with Crippen LogP contribution in [0.3, 0.4) is 0 Å². The van der Waals surface area contributed by atoms with Crippen LogP contribution in [0, 0.1) is 0 Å². The van der Waals surface area contributed by atoms with Crippen molar-refractivity contribution in [2.24, 2.45) is 5.84 Å². The number of rotatable bonds is 4. The predicted octanol–water partition coefficient (Wildman–Crippen LogP) is -1.52. The van der Waals surface area contributed by atoms with Gasteiger partial charge in [0.2, 0.25) is 0 Å². The van der Waals surface area contributed by atoms with E-state index in [0.29, 0.717) is 0 Å². The lowest BCUT2D eigenvalue weighted by Gasteiger charge is -2.40. The van der Waals surface area contributed by atoms with Gasteiger partial charge in [0.05, 0.1) is 6.61 Å². The highest BCUT2D eigenvalue weighted by molar-refractivity contribution is 7.80. The Morgan fingerprint density at radius 2 is 1.57 bits per heavy atom. The summed E-state index contributed by atoms with van der Waals surface area (Å²) in [5.41, 5.74) is 2.19. The molecule has 0 aromatic rings. The number of esters is 3. The molecule has 0 amide bonds. The van der Waals surface area contributed by atoms with Crippen LogP contribution >= 0.6 is 12.2 Å². The number of hydrogen-bond acceptors (Lipinski definition) is 9. The Labute approximate surface area is 137 Å². The van der Waals surface area contributed by atoms with E-state index >= 15 is 0 Å². The number of hydrazine groups is 1. The average molecular weight is 349 g/mol. The molecule has 0 spiro atoms. The minimum absolute atomic E-state index is 0.0275. The van der Waals surface area contributed by atoms with Crippen molar-refractivity contribution in [1.82, 2.24) is 10.7 Å². The molecule has 23 heavy (non-hydrogen) atoms. The summed E-state index contributed by atoms with van der Waals surface area (Å²) in [6, 6.07) is 0. The molecule has 0 radical (unpaired) electrons.